The maximum atomic E-state index is 13.0. The van der Waals surface area contributed by atoms with Crippen molar-refractivity contribution in [2.75, 3.05) is 5.32 Å². The predicted octanol–water partition coefficient (Wildman–Crippen LogP) is 4.63. The molecule has 0 aliphatic heterocycles. The van der Waals surface area contributed by atoms with E-state index in [2.05, 4.69) is 5.32 Å². The molecule has 1 N–H and O–H groups in total. The van der Waals surface area contributed by atoms with Crippen molar-refractivity contribution in [2.24, 2.45) is 0 Å². The monoisotopic (exact) mass is 307 g/mol. The number of nitrogens with one attached hydrogen (secondary N) is 1. The second-order valence-electron chi connectivity index (χ2n) is 3.30. The van der Waals surface area contributed by atoms with Crippen molar-refractivity contribution in [2.45, 2.75) is 0 Å². The summed E-state index contributed by atoms with van der Waals surface area (Å²) in [5, 5.41) is 2.48. The lowest BCUT2D eigenvalue weighted by molar-refractivity contribution is 0.0996. The second-order valence-corrected chi connectivity index (χ2v) is 4.49. The molecule has 7 heteroatoms. The molecular formula is C11H5Cl3FNO2. The van der Waals surface area contributed by atoms with Crippen LogP contribution in [0.5, 0.6) is 0 Å². The van der Waals surface area contributed by atoms with Crippen LogP contribution in [0, 0.1) is 5.82 Å². The third-order valence-electron chi connectivity index (χ3n) is 2.04. The number of carbonyl (C=O) groups is 1. The van der Waals surface area contributed by atoms with Crippen LogP contribution < -0.4 is 5.32 Å². The lowest BCUT2D eigenvalue weighted by Crippen LogP contribution is -2.11. The van der Waals surface area contributed by atoms with Gasteiger partial charge in [0.05, 0.1) is 15.7 Å². The number of carbonyl (C=O) groups excluding carboxylic acids is 1. The molecule has 0 spiro atoms. The Hall–Kier alpha value is -1.23. The van der Waals surface area contributed by atoms with Gasteiger partial charge in [-0.2, -0.15) is 0 Å². The lowest BCUT2D eigenvalue weighted by atomic mass is 10.3. The van der Waals surface area contributed by atoms with Crippen LogP contribution in [0.25, 0.3) is 0 Å². The van der Waals surface area contributed by atoms with Gasteiger partial charge in [-0.15, -0.1) is 0 Å². The van der Waals surface area contributed by atoms with Crippen molar-refractivity contribution in [3.8, 4) is 0 Å². The quantitative estimate of drug-likeness (QED) is 0.878. The lowest BCUT2D eigenvalue weighted by Gasteiger charge is -2.08. The standard InChI is InChI=1S/C11H5Cl3FNO2/c12-6-3-5(15)4-7(13)10(6)16-11(17)8-1-2-9(14)18-8/h1-4H,(H,16,17). The highest BCUT2D eigenvalue weighted by Gasteiger charge is 2.15. The predicted molar refractivity (Wildman–Crippen MR) is 68.1 cm³/mol. The van der Waals surface area contributed by atoms with Gasteiger partial charge in [0.25, 0.3) is 5.91 Å². The van der Waals surface area contributed by atoms with Gasteiger partial charge in [-0.05, 0) is 35.9 Å². The average molecular weight is 309 g/mol. The minimum Gasteiger partial charge on any atom is -0.440 e. The molecule has 0 aliphatic rings. The Bertz CT molecular complexity index is 589. The molecule has 1 amide bonds. The molecule has 18 heavy (non-hydrogen) atoms. The van der Waals surface area contributed by atoms with Gasteiger partial charge in [0.2, 0.25) is 0 Å². The molecule has 0 bridgehead atoms. The summed E-state index contributed by atoms with van der Waals surface area (Å²) < 4.78 is 17.9. The third kappa shape index (κ3) is 2.77. The van der Waals surface area contributed by atoms with E-state index in [1.54, 1.807) is 0 Å². The molecule has 1 heterocycles. The fourth-order valence-corrected chi connectivity index (χ4v) is 1.97. The molecule has 0 unspecified atom stereocenters. The van der Waals surface area contributed by atoms with Crippen LogP contribution in [-0.4, -0.2) is 5.91 Å². The molecule has 0 saturated heterocycles. The molecule has 1 aromatic heterocycles. The number of rotatable bonds is 2. The SMILES string of the molecule is O=C(Nc1c(Cl)cc(F)cc1Cl)c1ccc(Cl)o1. The molecular weight excluding hydrogens is 303 g/mol. The van der Waals surface area contributed by atoms with Gasteiger partial charge < -0.3 is 9.73 Å². The molecule has 0 saturated carbocycles. The van der Waals surface area contributed by atoms with Gasteiger partial charge >= 0.3 is 0 Å². The van der Waals surface area contributed by atoms with Gasteiger partial charge in [-0.3, -0.25) is 4.79 Å². The highest BCUT2D eigenvalue weighted by atomic mass is 35.5. The van der Waals surface area contributed by atoms with Gasteiger partial charge in [0.15, 0.2) is 11.0 Å². The first-order chi connectivity index (χ1) is 8.47. The van der Waals surface area contributed by atoms with Crippen molar-refractivity contribution < 1.29 is 13.6 Å². The average Bonchev–Trinajstić information content (AvgIpc) is 2.70. The van der Waals surface area contributed by atoms with Gasteiger partial charge in [0.1, 0.15) is 5.82 Å². The van der Waals surface area contributed by atoms with Crippen molar-refractivity contribution in [3.63, 3.8) is 0 Å². The van der Waals surface area contributed by atoms with Crippen LogP contribution in [0.1, 0.15) is 10.6 Å². The summed E-state index contributed by atoms with van der Waals surface area (Å²) in [7, 11) is 0. The second kappa shape index (κ2) is 5.18. The minimum absolute atomic E-state index is 0.00328. The first-order valence-corrected chi connectivity index (χ1v) is 5.82. The van der Waals surface area contributed by atoms with Crippen LogP contribution in [0.15, 0.2) is 28.7 Å². The molecule has 1 aromatic carbocycles. The van der Waals surface area contributed by atoms with E-state index in [0.717, 1.165) is 12.1 Å². The molecule has 0 aliphatic carbocycles. The molecule has 2 aromatic rings. The molecule has 3 nitrogen and oxygen atoms in total. The van der Waals surface area contributed by atoms with Crippen molar-refractivity contribution in [1.29, 1.82) is 0 Å². The van der Waals surface area contributed by atoms with Gasteiger partial charge in [0, 0.05) is 0 Å². The van der Waals surface area contributed by atoms with E-state index in [0.29, 0.717) is 0 Å². The maximum Gasteiger partial charge on any atom is 0.291 e. The number of furan rings is 1. The van der Waals surface area contributed by atoms with Crippen LogP contribution in [0.3, 0.4) is 0 Å². The summed E-state index contributed by atoms with van der Waals surface area (Å²) in [4.78, 5) is 11.7. The molecule has 2 rings (SSSR count). The van der Waals surface area contributed by atoms with Crippen LogP contribution in [0.2, 0.25) is 15.3 Å². The summed E-state index contributed by atoms with van der Waals surface area (Å²) in [6.45, 7) is 0. The van der Waals surface area contributed by atoms with Gasteiger partial charge in [-0.25, -0.2) is 4.39 Å². The largest absolute Gasteiger partial charge is 0.440 e. The Morgan fingerprint density at radius 3 is 2.28 bits per heavy atom. The van der Waals surface area contributed by atoms with E-state index >= 15 is 0 Å². The van der Waals surface area contributed by atoms with E-state index < -0.39 is 11.7 Å². The smallest absolute Gasteiger partial charge is 0.291 e. The van der Waals surface area contributed by atoms with Crippen LogP contribution in [-0.2, 0) is 0 Å². The zero-order chi connectivity index (χ0) is 13.3. The number of hydrogen-bond acceptors (Lipinski definition) is 2. The number of hydrogen-bond donors (Lipinski definition) is 1. The Labute approximate surface area is 116 Å². The van der Waals surface area contributed by atoms with Crippen LogP contribution in [0.4, 0.5) is 10.1 Å². The van der Waals surface area contributed by atoms with Crippen LogP contribution >= 0.6 is 34.8 Å². The van der Waals surface area contributed by atoms with Crippen molar-refractivity contribution >= 4 is 46.4 Å². The first-order valence-electron chi connectivity index (χ1n) is 4.68. The van der Waals surface area contributed by atoms with E-state index in [1.165, 1.54) is 12.1 Å². The third-order valence-corrected chi connectivity index (χ3v) is 2.84. The highest BCUT2D eigenvalue weighted by molar-refractivity contribution is 6.40. The number of benzene rings is 1. The van der Waals surface area contributed by atoms with Crippen molar-refractivity contribution in [1.82, 2.24) is 0 Å². The summed E-state index contributed by atoms with van der Waals surface area (Å²) in [6, 6.07) is 4.89. The Morgan fingerprint density at radius 2 is 1.78 bits per heavy atom. The van der Waals surface area contributed by atoms with Crippen molar-refractivity contribution in [3.05, 3.63) is 51.1 Å². The molecule has 94 valence electrons. The Kier molecular flexibility index (Phi) is 3.80. The fraction of sp³-hybridized carbons (Fsp3) is 0. The molecule has 0 atom stereocenters. The summed E-state index contributed by atoms with van der Waals surface area (Å²) in [6.07, 6.45) is 0. The Balaban J connectivity index is 2.27. The Morgan fingerprint density at radius 1 is 1.17 bits per heavy atom. The number of halogens is 4. The minimum atomic E-state index is -0.593. The molecule has 0 fully saturated rings. The van der Waals surface area contributed by atoms with E-state index in [4.69, 9.17) is 39.2 Å². The zero-order valence-electron chi connectivity index (χ0n) is 8.64. The maximum absolute atomic E-state index is 13.0. The van der Waals surface area contributed by atoms with E-state index in [1.807, 2.05) is 0 Å². The number of amides is 1. The summed E-state index contributed by atoms with van der Waals surface area (Å²) >= 11 is 17.1. The van der Waals surface area contributed by atoms with E-state index in [-0.39, 0.29) is 26.7 Å². The normalized spacial score (nSPS) is 10.4. The van der Waals surface area contributed by atoms with Gasteiger partial charge in [-0.1, -0.05) is 23.2 Å². The number of anilines is 1. The summed E-state index contributed by atoms with van der Waals surface area (Å²) in [5.74, 6) is -1.18. The molecule has 0 radical (unpaired) electrons. The topological polar surface area (TPSA) is 42.2 Å². The van der Waals surface area contributed by atoms with E-state index in [9.17, 15) is 9.18 Å². The fourth-order valence-electron chi connectivity index (χ4n) is 1.27. The first kappa shape index (κ1) is 13.2. The summed E-state index contributed by atoms with van der Waals surface area (Å²) in [5.41, 5.74) is 0.109. The zero-order valence-corrected chi connectivity index (χ0v) is 10.9. The highest BCUT2D eigenvalue weighted by Crippen LogP contribution is 2.31.